The van der Waals surface area contributed by atoms with Crippen LogP contribution >= 0.6 is 0 Å². The van der Waals surface area contributed by atoms with Gasteiger partial charge in [0.1, 0.15) is 35.6 Å². The van der Waals surface area contributed by atoms with E-state index >= 15 is 0 Å². The lowest BCUT2D eigenvalue weighted by Crippen LogP contribution is -2.57. The van der Waals surface area contributed by atoms with Crippen LogP contribution in [0.2, 0.25) is 0 Å². The van der Waals surface area contributed by atoms with Crippen LogP contribution < -0.4 is 10.1 Å². The summed E-state index contributed by atoms with van der Waals surface area (Å²) in [6.45, 7) is 4.21. The number of hydrogen-bond donors (Lipinski definition) is 5. The smallest absolute Gasteiger partial charge is 0.306 e. The van der Waals surface area contributed by atoms with Crippen molar-refractivity contribution >= 4 is 29.2 Å². The van der Waals surface area contributed by atoms with E-state index in [9.17, 15) is 44.4 Å². The maximum absolute atomic E-state index is 13.9. The topological polar surface area (TPSA) is 215 Å². The van der Waals surface area contributed by atoms with E-state index < -0.39 is 102 Å². The number of nitrogens with one attached hydrogen (secondary N) is 1. The van der Waals surface area contributed by atoms with Gasteiger partial charge in [-0.1, -0.05) is 26.0 Å². The number of phenols is 2. The normalized spacial score (nSPS) is 25.9. The van der Waals surface area contributed by atoms with Crippen molar-refractivity contribution in [3.05, 3.63) is 51.6 Å². The fourth-order valence-corrected chi connectivity index (χ4v) is 6.95. The molecule has 2 aliphatic carbocycles. The molecular formula is C35H41NO13. The van der Waals surface area contributed by atoms with Gasteiger partial charge in [0, 0.05) is 48.8 Å². The van der Waals surface area contributed by atoms with E-state index in [1.54, 1.807) is 6.92 Å². The van der Waals surface area contributed by atoms with Crippen molar-refractivity contribution in [3.8, 4) is 17.2 Å². The van der Waals surface area contributed by atoms with Crippen LogP contribution in [-0.4, -0.2) is 93.5 Å². The highest BCUT2D eigenvalue weighted by Crippen LogP contribution is 2.52. The summed E-state index contributed by atoms with van der Waals surface area (Å²) in [5, 5.41) is 47.4. The standard InChI is InChI=1S/C35H41NO13/c1-5-8-23(39)36-19-12-25(47-16(3)34(19)49-24(40)9-6-2)48-21-14-35(45,22(38)15-37)13-18-27(21)33(44)29-28(31(18)42)30(41)17-10-7-11-20(46-4)26(17)32(29)43/h7,10-11,16,19,21,25,34,37,42,44-45H,5-6,8-9,12-15H2,1-4H3,(H,36,39)/t16-,19-,21-,25+,34-,35-/m0/s1. The third-order valence-corrected chi connectivity index (χ3v) is 9.27. The number of Topliss-reactive ketones (excluding diaryl/α,β-unsaturated/α-hetero) is 1. The Labute approximate surface area is 282 Å². The van der Waals surface area contributed by atoms with E-state index in [0.717, 1.165) is 0 Å². The molecule has 0 unspecified atom stereocenters. The van der Waals surface area contributed by atoms with Crippen LogP contribution in [0.3, 0.4) is 0 Å². The number of carbonyl (C=O) groups excluding carboxylic acids is 5. The van der Waals surface area contributed by atoms with Gasteiger partial charge in [0.2, 0.25) is 11.7 Å². The zero-order valence-corrected chi connectivity index (χ0v) is 27.7. The van der Waals surface area contributed by atoms with Gasteiger partial charge in [-0.3, -0.25) is 24.0 Å². The molecule has 0 saturated carbocycles. The van der Waals surface area contributed by atoms with Crippen molar-refractivity contribution in [3.63, 3.8) is 0 Å². The third kappa shape index (κ3) is 6.53. The highest BCUT2D eigenvalue weighted by molar-refractivity contribution is 6.31. The summed E-state index contributed by atoms with van der Waals surface area (Å²) < 4.78 is 23.4. The van der Waals surface area contributed by atoms with Gasteiger partial charge in [0.05, 0.1) is 42.0 Å². The highest BCUT2D eigenvalue weighted by Gasteiger charge is 2.50. The van der Waals surface area contributed by atoms with Crippen LogP contribution in [0.15, 0.2) is 18.2 Å². The molecule has 2 aromatic rings. The Balaban J connectivity index is 1.58. The monoisotopic (exact) mass is 683 g/mol. The number of rotatable bonds is 11. The molecule has 14 heteroatoms. The first-order chi connectivity index (χ1) is 23.3. The van der Waals surface area contributed by atoms with Gasteiger partial charge in [-0.05, 0) is 25.8 Å². The van der Waals surface area contributed by atoms with E-state index in [4.69, 9.17) is 18.9 Å². The average molecular weight is 684 g/mol. The maximum Gasteiger partial charge on any atom is 0.306 e. The second kappa shape index (κ2) is 14.2. The summed E-state index contributed by atoms with van der Waals surface area (Å²) in [5.74, 6) is -4.75. The molecule has 1 heterocycles. The summed E-state index contributed by atoms with van der Waals surface area (Å²) in [4.78, 5) is 65.6. The lowest BCUT2D eigenvalue weighted by molar-refractivity contribution is -0.253. The quantitative estimate of drug-likeness (QED) is 0.145. The highest BCUT2D eigenvalue weighted by atomic mass is 16.7. The molecule has 0 radical (unpaired) electrons. The number of esters is 1. The number of carbonyl (C=O) groups is 5. The van der Waals surface area contributed by atoms with E-state index in [2.05, 4.69) is 5.32 Å². The van der Waals surface area contributed by atoms with E-state index in [1.807, 2.05) is 13.8 Å². The molecule has 1 amide bonds. The first-order valence-electron chi connectivity index (χ1n) is 16.3. The molecular weight excluding hydrogens is 642 g/mol. The van der Waals surface area contributed by atoms with Crippen LogP contribution in [0, 0.1) is 0 Å². The molecule has 14 nitrogen and oxygen atoms in total. The molecule has 264 valence electrons. The number of fused-ring (bicyclic) bond motifs is 3. The van der Waals surface area contributed by atoms with E-state index in [0.29, 0.717) is 12.8 Å². The van der Waals surface area contributed by atoms with Gasteiger partial charge in [-0.2, -0.15) is 0 Å². The molecule has 49 heavy (non-hydrogen) atoms. The summed E-state index contributed by atoms with van der Waals surface area (Å²) in [6.07, 6.45) is -4.09. The Morgan fingerprint density at radius 1 is 1.02 bits per heavy atom. The molecule has 3 aliphatic rings. The molecule has 1 aliphatic heterocycles. The molecule has 1 saturated heterocycles. The SMILES string of the molecule is CCCC(=O)N[C@H]1C[C@@H](O[C@H]2C[C@](O)(C(=O)CO)Cc3c(O)c4c(c(O)c32)C(=O)c2c(OC)cccc2C4=O)O[C@@H](C)[C@@H]1OC(=O)CCC. The first kappa shape index (κ1) is 35.9. The molecule has 5 N–H and O–H groups in total. The van der Waals surface area contributed by atoms with E-state index in [-0.39, 0.29) is 53.2 Å². The zero-order valence-electron chi connectivity index (χ0n) is 27.7. The lowest BCUT2D eigenvalue weighted by Gasteiger charge is -2.43. The Bertz CT molecular complexity index is 1690. The number of amides is 1. The second-order valence-corrected chi connectivity index (χ2v) is 12.6. The first-order valence-corrected chi connectivity index (χ1v) is 16.3. The minimum Gasteiger partial charge on any atom is -0.507 e. The number of hydrogen-bond acceptors (Lipinski definition) is 13. The Morgan fingerprint density at radius 2 is 1.71 bits per heavy atom. The van der Waals surface area contributed by atoms with Gasteiger partial charge in [-0.15, -0.1) is 0 Å². The molecule has 1 fully saturated rings. The number of aliphatic hydroxyl groups excluding tert-OH is 1. The lowest BCUT2D eigenvalue weighted by atomic mass is 9.72. The van der Waals surface area contributed by atoms with Gasteiger partial charge in [0.15, 0.2) is 17.9 Å². The number of ketones is 3. The number of methoxy groups -OCH3 is 1. The van der Waals surface area contributed by atoms with Crippen molar-refractivity contribution in [2.75, 3.05) is 13.7 Å². The average Bonchev–Trinajstić information content (AvgIpc) is 3.06. The Morgan fingerprint density at radius 3 is 2.37 bits per heavy atom. The van der Waals surface area contributed by atoms with Crippen molar-refractivity contribution in [2.45, 2.75) is 102 Å². The maximum atomic E-state index is 13.9. The third-order valence-electron chi connectivity index (χ3n) is 9.27. The minimum absolute atomic E-state index is 0.0677. The van der Waals surface area contributed by atoms with Gasteiger partial charge in [-0.25, -0.2) is 0 Å². The Hall–Kier alpha value is -4.37. The van der Waals surface area contributed by atoms with Crippen LogP contribution in [0.5, 0.6) is 17.2 Å². The zero-order chi connectivity index (χ0) is 35.8. The largest absolute Gasteiger partial charge is 0.507 e. The second-order valence-electron chi connectivity index (χ2n) is 12.6. The summed E-state index contributed by atoms with van der Waals surface area (Å²) >= 11 is 0. The molecule has 6 atom stereocenters. The summed E-state index contributed by atoms with van der Waals surface area (Å²) in [7, 11) is 1.31. The number of phenolic OH excluding ortho intramolecular Hbond substituents is 2. The van der Waals surface area contributed by atoms with Crippen molar-refractivity contribution < 1.29 is 63.3 Å². The predicted octanol–water partition coefficient (Wildman–Crippen LogP) is 2.31. The number of benzene rings is 2. The van der Waals surface area contributed by atoms with Gasteiger partial charge >= 0.3 is 5.97 Å². The number of aromatic hydroxyl groups is 2. The van der Waals surface area contributed by atoms with Crippen molar-refractivity contribution in [1.82, 2.24) is 5.32 Å². The van der Waals surface area contributed by atoms with Crippen LogP contribution in [-0.2, 0) is 35.0 Å². The van der Waals surface area contributed by atoms with E-state index in [1.165, 1.54) is 25.3 Å². The summed E-state index contributed by atoms with van der Waals surface area (Å²) in [6, 6.07) is 3.56. The number of aliphatic hydroxyl groups is 2. The summed E-state index contributed by atoms with van der Waals surface area (Å²) in [5.41, 5.74) is -3.92. The molecule has 2 aromatic carbocycles. The fourth-order valence-electron chi connectivity index (χ4n) is 6.95. The van der Waals surface area contributed by atoms with Crippen LogP contribution in [0.4, 0.5) is 0 Å². The molecule has 0 bridgehead atoms. The van der Waals surface area contributed by atoms with Crippen molar-refractivity contribution in [1.29, 1.82) is 0 Å². The molecule has 5 rings (SSSR count). The molecule has 0 spiro atoms. The van der Waals surface area contributed by atoms with Crippen LogP contribution in [0.1, 0.15) is 108 Å². The van der Waals surface area contributed by atoms with Gasteiger partial charge < -0.3 is 44.7 Å². The van der Waals surface area contributed by atoms with Gasteiger partial charge in [0.25, 0.3) is 0 Å². The predicted molar refractivity (Wildman–Crippen MR) is 169 cm³/mol. The van der Waals surface area contributed by atoms with Crippen LogP contribution in [0.25, 0.3) is 0 Å². The Kier molecular flexibility index (Phi) is 10.4. The van der Waals surface area contributed by atoms with Crippen molar-refractivity contribution in [2.24, 2.45) is 0 Å². The molecule has 0 aromatic heterocycles. The number of ether oxygens (including phenoxy) is 4. The fraction of sp³-hybridized carbons (Fsp3) is 0.514. The minimum atomic E-state index is -2.32.